The third kappa shape index (κ3) is 7.85. The molecule has 3 N–H and O–H groups in total. The monoisotopic (exact) mass is 480 g/mol. The molecule has 5 heteroatoms. The van der Waals surface area contributed by atoms with Crippen LogP contribution >= 0.6 is 0 Å². The highest BCUT2D eigenvalue weighted by molar-refractivity contribution is 5.66. The molecule has 0 aliphatic heterocycles. The van der Waals surface area contributed by atoms with Crippen molar-refractivity contribution in [2.45, 2.75) is 90.8 Å². The van der Waals surface area contributed by atoms with E-state index in [0.29, 0.717) is 12.8 Å². The molecule has 0 bridgehead atoms. The number of benzene rings is 2. The molecule has 0 saturated heterocycles. The number of carboxylic acids is 1. The van der Waals surface area contributed by atoms with Gasteiger partial charge in [0.1, 0.15) is 18.0 Å². The summed E-state index contributed by atoms with van der Waals surface area (Å²) in [5, 5.41) is 28.8. The second-order valence-corrected chi connectivity index (χ2v) is 9.86. The minimum Gasteiger partial charge on any atom is -0.491 e. The van der Waals surface area contributed by atoms with Crippen molar-refractivity contribution in [2.24, 2.45) is 0 Å². The van der Waals surface area contributed by atoms with E-state index in [1.807, 2.05) is 19.1 Å². The van der Waals surface area contributed by atoms with Gasteiger partial charge in [-0.25, -0.2) is 0 Å². The summed E-state index contributed by atoms with van der Waals surface area (Å²) in [5.74, 6) is 5.86. The molecule has 1 atom stereocenters. The van der Waals surface area contributed by atoms with Crippen LogP contribution in [0.15, 0.2) is 36.4 Å². The van der Waals surface area contributed by atoms with E-state index in [4.69, 9.17) is 9.84 Å². The highest BCUT2D eigenvalue weighted by Gasteiger charge is 2.31. The lowest BCUT2D eigenvalue weighted by Gasteiger charge is -2.34. The molecule has 2 rings (SSSR count). The fraction of sp³-hybridized carbons (Fsp3) is 0.500. The molecule has 190 valence electrons. The van der Waals surface area contributed by atoms with Gasteiger partial charge in [0.25, 0.3) is 0 Å². The Morgan fingerprint density at radius 1 is 1.03 bits per heavy atom. The number of aliphatic carboxylic acids is 1. The summed E-state index contributed by atoms with van der Waals surface area (Å²) in [6.45, 7) is 12.0. The average Bonchev–Trinajstić information content (AvgIpc) is 2.78. The highest BCUT2D eigenvalue weighted by Crippen LogP contribution is 2.41. The zero-order valence-corrected chi connectivity index (χ0v) is 21.9. The molecule has 0 spiro atoms. The van der Waals surface area contributed by atoms with Gasteiger partial charge in [0.05, 0.1) is 6.10 Å². The van der Waals surface area contributed by atoms with Crippen molar-refractivity contribution in [3.8, 4) is 17.6 Å². The standard InChI is InChI=1S/C30H40O5/c1-7-30(8-2,24-13-12-23(21(3)18-24)16-17-29(5,6)34)25-14-15-27(22(4)19-25)35-20-26(31)10-9-11-28(32)33/h12-15,18-19,26,31,34H,7-11,20H2,1-6H3,(H,32,33). The lowest BCUT2D eigenvalue weighted by atomic mass is 9.70. The fourth-order valence-electron chi connectivity index (χ4n) is 4.42. The number of aliphatic hydroxyl groups excluding tert-OH is 1. The second kappa shape index (κ2) is 12.2. The summed E-state index contributed by atoms with van der Waals surface area (Å²) in [4.78, 5) is 10.6. The predicted molar refractivity (Wildman–Crippen MR) is 140 cm³/mol. The molecular weight excluding hydrogens is 440 g/mol. The number of carboxylic acid groups (broad SMARTS) is 1. The van der Waals surface area contributed by atoms with Gasteiger partial charge in [-0.2, -0.15) is 0 Å². The Morgan fingerprint density at radius 2 is 1.63 bits per heavy atom. The van der Waals surface area contributed by atoms with E-state index >= 15 is 0 Å². The van der Waals surface area contributed by atoms with Crippen LogP contribution in [0.5, 0.6) is 5.75 Å². The van der Waals surface area contributed by atoms with E-state index in [0.717, 1.165) is 35.3 Å². The number of hydrogen-bond donors (Lipinski definition) is 3. The topological polar surface area (TPSA) is 87.0 Å². The molecule has 0 aliphatic carbocycles. The Bertz CT molecular complexity index is 1060. The Balaban J connectivity index is 2.26. The first-order chi connectivity index (χ1) is 16.4. The molecule has 0 aromatic heterocycles. The van der Waals surface area contributed by atoms with Crippen molar-refractivity contribution in [3.63, 3.8) is 0 Å². The largest absolute Gasteiger partial charge is 0.491 e. The van der Waals surface area contributed by atoms with Gasteiger partial charge in [0, 0.05) is 17.4 Å². The van der Waals surface area contributed by atoms with Gasteiger partial charge >= 0.3 is 5.97 Å². The molecule has 1 unspecified atom stereocenters. The van der Waals surface area contributed by atoms with Crippen molar-refractivity contribution < 1.29 is 24.9 Å². The van der Waals surface area contributed by atoms with E-state index < -0.39 is 17.7 Å². The van der Waals surface area contributed by atoms with E-state index in [-0.39, 0.29) is 18.4 Å². The summed E-state index contributed by atoms with van der Waals surface area (Å²) < 4.78 is 5.85. The first kappa shape index (κ1) is 28.4. The number of ether oxygens (including phenoxy) is 1. The van der Waals surface area contributed by atoms with Crippen LogP contribution in [0.4, 0.5) is 0 Å². The van der Waals surface area contributed by atoms with Crippen molar-refractivity contribution in [2.75, 3.05) is 6.61 Å². The highest BCUT2D eigenvalue weighted by atomic mass is 16.5. The number of hydrogen-bond acceptors (Lipinski definition) is 4. The van der Waals surface area contributed by atoms with Gasteiger partial charge in [-0.1, -0.05) is 50.0 Å². The van der Waals surface area contributed by atoms with Crippen LogP contribution in [0.2, 0.25) is 0 Å². The van der Waals surface area contributed by atoms with Crippen LogP contribution in [0, 0.1) is 25.7 Å². The van der Waals surface area contributed by atoms with Crippen molar-refractivity contribution >= 4 is 5.97 Å². The molecule has 0 saturated carbocycles. The summed E-state index contributed by atoms with van der Waals surface area (Å²) in [6, 6.07) is 12.6. The van der Waals surface area contributed by atoms with Gasteiger partial charge < -0.3 is 20.1 Å². The fourth-order valence-corrected chi connectivity index (χ4v) is 4.42. The molecule has 2 aromatic carbocycles. The summed E-state index contributed by atoms with van der Waals surface area (Å²) in [5.41, 5.74) is 4.25. The quantitative estimate of drug-likeness (QED) is 0.368. The molecule has 0 aliphatic rings. The zero-order chi connectivity index (χ0) is 26.2. The van der Waals surface area contributed by atoms with E-state index in [2.05, 4.69) is 56.9 Å². The normalized spacial score (nSPS) is 12.6. The third-order valence-corrected chi connectivity index (χ3v) is 6.58. The number of aliphatic hydroxyl groups is 2. The van der Waals surface area contributed by atoms with Gasteiger partial charge in [-0.15, -0.1) is 0 Å². The van der Waals surface area contributed by atoms with E-state index in [1.54, 1.807) is 13.8 Å². The van der Waals surface area contributed by atoms with Crippen molar-refractivity contribution in [1.82, 2.24) is 0 Å². The first-order valence-corrected chi connectivity index (χ1v) is 12.4. The van der Waals surface area contributed by atoms with Crippen LogP contribution in [-0.4, -0.2) is 39.6 Å². The third-order valence-electron chi connectivity index (χ3n) is 6.58. The summed E-state index contributed by atoms with van der Waals surface area (Å²) in [7, 11) is 0. The zero-order valence-electron chi connectivity index (χ0n) is 21.9. The maximum atomic E-state index is 10.6. The number of carbonyl (C=O) groups is 1. The second-order valence-electron chi connectivity index (χ2n) is 9.86. The summed E-state index contributed by atoms with van der Waals surface area (Å²) in [6.07, 6.45) is 2.04. The lowest BCUT2D eigenvalue weighted by Crippen LogP contribution is -2.26. The minimum atomic E-state index is -1.03. The van der Waals surface area contributed by atoms with Crippen LogP contribution in [0.3, 0.4) is 0 Å². The lowest BCUT2D eigenvalue weighted by molar-refractivity contribution is -0.137. The molecular formula is C30H40O5. The maximum Gasteiger partial charge on any atom is 0.303 e. The maximum absolute atomic E-state index is 10.6. The SMILES string of the molecule is CCC(CC)(c1ccc(C#CC(C)(C)O)c(C)c1)c1ccc(OCC(O)CCCC(=O)O)c(C)c1. The molecule has 0 amide bonds. The van der Waals surface area contributed by atoms with Crippen LogP contribution in [0.25, 0.3) is 0 Å². The van der Waals surface area contributed by atoms with E-state index in [9.17, 15) is 15.0 Å². The van der Waals surface area contributed by atoms with Gasteiger partial charge in [0.15, 0.2) is 0 Å². The predicted octanol–water partition coefficient (Wildman–Crippen LogP) is 5.53. The smallest absolute Gasteiger partial charge is 0.303 e. The Labute approximate surface area is 210 Å². The molecule has 35 heavy (non-hydrogen) atoms. The van der Waals surface area contributed by atoms with Crippen molar-refractivity contribution in [1.29, 1.82) is 0 Å². The van der Waals surface area contributed by atoms with Gasteiger partial charge in [-0.3, -0.25) is 4.79 Å². The van der Waals surface area contributed by atoms with Crippen LogP contribution in [0.1, 0.15) is 87.6 Å². The number of aryl methyl sites for hydroxylation is 2. The van der Waals surface area contributed by atoms with Gasteiger partial charge in [0.2, 0.25) is 0 Å². The van der Waals surface area contributed by atoms with Crippen LogP contribution < -0.4 is 4.74 Å². The van der Waals surface area contributed by atoms with Gasteiger partial charge in [-0.05, 0) is 87.8 Å². The Morgan fingerprint density at radius 3 is 2.14 bits per heavy atom. The Kier molecular flexibility index (Phi) is 9.94. The average molecular weight is 481 g/mol. The summed E-state index contributed by atoms with van der Waals surface area (Å²) >= 11 is 0. The van der Waals surface area contributed by atoms with Crippen molar-refractivity contribution in [3.05, 3.63) is 64.2 Å². The van der Waals surface area contributed by atoms with Crippen LogP contribution in [-0.2, 0) is 10.2 Å². The molecule has 2 aromatic rings. The Hall–Kier alpha value is -2.81. The molecule has 0 heterocycles. The molecule has 0 fully saturated rings. The number of rotatable bonds is 11. The molecule has 0 radical (unpaired) electrons. The first-order valence-electron chi connectivity index (χ1n) is 12.4. The molecule has 5 nitrogen and oxygen atoms in total. The minimum absolute atomic E-state index is 0.0490. The van der Waals surface area contributed by atoms with E-state index in [1.165, 1.54) is 11.1 Å².